The third kappa shape index (κ3) is 7.05. The molecule has 0 saturated carbocycles. The zero-order chi connectivity index (χ0) is 17.9. The molecule has 1 atom stereocenters. The van der Waals surface area contributed by atoms with Crippen LogP contribution in [0.1, 0.15) is 39.0 Å². The number of hydrogen-bond acceptors (Lipinski definition) is 8. The summed E-state index contributed by atoms with van der Waals surface area (Å²) < 4.78 is 10.2. The van der Waals surface area contributed by atoms with E-state index in [9.17, 15) is 19.2 Å². The zero-order valence-electron chi connectivity index (χ0n) is 13.7. The molecule has 0 radical (unpaired) electrons. The van der Waals surface area contributed by atoms with Crippen molar-refractivity contribution in [3.63, 3.8) is 0 Å². The second kappa shape index (κ2) is 10.7. The fraction of sp³-hybridized carbons (Fsp3) is 0.733. The number of carbonyl (C=O) groups is 4. The molecule has 2 amide bonds. The van der Waals surface area contributed by atoms with Gasteiger partial charge in [-0.15, -0.1) is 5.06 Å². The molecule has 0 aliphatic carbocycles. The van der Waals surface area contributed by atoms with Gasteiger partial charge in [-0.05, 0) is 13.3 Å². The number of esters is 1. The quantitative estimate of drug-likeness (QED) is 0.314. The van der Waals surface area contributed by atoms with Crippen molar-refractivity contribution in [3.8, 4) is 0 Å². The number of hydrogen-bond donors (Lipinski definition) is 1. The molecule has 1 unspecified atom stereocenters. The predicted octanol–water partition coefficient (Wildman–Crippen LogP) is -0.0479. The van der Waals surface area contributed by atoms with Crippen LogP contribution in [0.3, 0.4) is 0 Å². The minimum absolute atomic E-state index is 0.0278. The number of rotatable bonds is 11. The summed E-state index contributed by atoms with van der Waals surface area (Å²) in [6, 6.07) is 0. The zero-order valence-corrected chi connectivity index (χ0v) is 13.7. The van der Waals surface area contributed by atoms with E-state index in [0.29, 0.717) is 31.1 Å². The molecule has 1 aliphatic rings. The molecule has 0 aromatic rings. The summed E-state index contributed by atoms with van der Waals surface area (Å²) in [6.45, 7) is 2.18. The Morgan fingerprint density at radius 2 is 1.75 bits per heavy atom. The number of ether oxygens (including phenoxy) is 2. The standard InChI is InChI=1S/C15H23NO8/c1-11(10-17)15(21)23-9-3-8-22-7-2-4-14(20)24-16-12(18)5-6-13(16)19/h11,17H,2-10H2,1H3. The third-order valence-electron chi connectivity index (χ3n) is 3.22. The van der Waals surface area contributed by atoms with Gasteiger partial charge in [0.05, 0.1) is 25.6 Å². The molecule has 1 fully saturated rings. The Morgan fingerprint density at radius 3 is 2.38 bits per heavy atom. The summed E-state index contributed by atoms with van der Waals surface area (Å²) >= 11 is 0. The van der Waals surface area contributed by atoms with E-state index in [2.05, 4.69) is 0 Å². The van der Waals surface area contributed by atoms with E-state index < -0.39 is 29.7 Å². The van der Waals surface area contributed by atoms with E-state index >= 15 is 0 Å². The largest absolute Gasteiger partial charge is 0.465 e. The van der Waals surface area contributed by atoms with E-state index in [1.807, 2.05) is 0 Å². The van der Waals surface area contributed by atoms with Crippen molar-refractivity contribution in [2.75, 3.05) is 26.4 Å². The minimum atomic E-state index is -0.658. The number of nitrogens with zero attached hydrogens (tertiary/aromatic N) is 1. The Morgan fingerprint density at radius 1 is 1.12 bits per heavy atom. The van der Waals surface area contributed by atoms with Gasteiger partial charge in [0.1, 0.15) is 0 Å². The van der Waals surface area contributed by atoms with Crippen molar-refractivity contribution in [1.82, 2.24) is 5.06 Å². The van der Waals surface area contributed by atoms with Crippen molar-refractivity contribution < 1.29 is 38.6 Å². The molecule has 1 saturated heterocycles. The van der Waals surface area contributed by atoms with Crippen LogP contribution in [0.15, 0.2) is 0 Å². The highest BCUT2D eigenvalue weighted by Gasteiger charge is 2.32. The second-order valence-corrected chi connectivity index (χ2v) is 5.37. The van der Waals surface area contributed by atoms with Gasteiger partial charge < -0.3 is 19.4 Å². The van der Waals surface area contributed by atoms with Gasteiger partial charge in [0.25, 0.3) is 11.8 Å². The molecule has 9 heteroatoms. The van der Waals surface area contributed by atoms with Gasteiger partial charge in [-0.1, -0.05) is 0 Å². The molecular weight excluding hydrogens is 322 g/mol. The van der Waals surface area contributed by atoms with Crippen molar-refractivity contribution in [3.05, 3.63) is 0 Å². The van der Waals surface area contributed by atoms with E-state index in [1.54, 1.807) is 6.92 Å². The van der Waals surface area contributed by atoms with Crippen LogP contribution in [0, 0.1) is 5.92 Å². The van der Waals surface area contributed by atoms with Crippen LogP contribution < -0.4 is 0 Å². The van der Waals surface area contributed by atoms with Crippen LogP contribution in [0.25, 0.3) is 0 Å². The second-order valence-electron chi connectivity index (χ2n) is 5.37. The first kappa shape index (κ1) is 20.0. The maximum Gasteiger partial charge on any atom is 0.333 e. The summed E-state index contributed by atoms with van der Waals surface area (Å²) in [5.74, 6) is -2.66. The molecule has 0 aromatic heterocycles. The van der Waals surface area contributed by atoms with Crippen molar-refractivity contribution in [2.24, 2.45) is 5.92 Å². The minimum Gasteiger partial charge on any atom is -0.465 e. The Labute approximate surface area is 139 Å². The SMILES string of the molecule is CC(CO)C(=O)OCCCOCCCC(=O)ON1C(=O)CCC1=O. The van der Waals surface area contributed by atoms with Crippen LogP contribution >= 0.6 is 0 Å². The van der Waals surface area contributed by atoms with Crippen LogP contribution in [0.2, 0.25) is 0 Å². The summed E-state index contributed by atoms with van der Waals surface area (Å²) in [6.07, 6.45) is 1.05. The van der Waals surface area contributed by atoms with Crippen LogP contribution in [0.4, 0.5) is 0 Å². The fourth-order valence-corrected chi connectivity index (χ4v) is 1.78. The Balaban J connectivity index is 1.98. The van der Waals surface area contributed by atoms with E-state index in [-0.39, 0.29) is 32.5 Å². The molecule has 1 N–H and O–H groups in total. The lowest BCUT2D eigenvalue weighted by Gasteiger charge is -2.12. The average Bonchev–Trinajstić information content (AvgIpc) is 2.88. The third-order valence-corrected chi connectivity index (χ3v) is 3.22. The Kier molecular flexibility index (Phi) is 8.95. The van der Waals surface area contributed by atoms with Gasteiger partial charge in [0, 0.05) is 32.5 Å². The molecule has 1 aliphatic heterocycles. The molecule has 1 rings (SSSR count). The molecule has 24 heavy (non-hydrogen) atoms. The van der Waals surface area contributed by atoms with Gasteiger partial charge in [-0.2, -0.15) is 0 Å². The normalized spacial score (nSPS) is 15.5. The van der Waals surface area contributed by atoms with Gasteiger partial charge in [0.2, 0.25) is 0 Å². The molecule has 1 heterocycles. The van der Waals surface area contributed by atoms with Gasteiger partial charge >= 0.3 is 11.9 Å². The van der Waals surface area contributed by atoms with Crippen LogP contribution in [-0.2, 0) is 33.5 Å². The highest BCUT2D eigenvalue weighted by molar-refractivity contribution is 6.01. The average molecular weight is 345 g/mol. The van der Waals surface area contributed by atoms with E-state index in [1.165, 1.54) is 0 Å². The molecular formula is C15H23NO8. The Hall–Kier alpha value is -2.00. The fourth-order valence-electron chi connectivity index (χ4n) is 1.78. The number of aliphatic hydroxyl groups is 1. The maximum absolute atomic E-state index is 11.5. The van der Waals surface area contributed by atoms with Crippen LogP contribution in [-0.4, -0.2) is 60.4 Å². The molecule has 136 valence electrons. The van der Waals surface area contributed by atoms with E-state index in [4.69, 9.17) is 19.4 Å². The van der Waals surface area contributed by atoms with Crippen molar-refractivity contribution in [1.29, 1.82) is 0 Å². The molecule has 9 nitrogen and oxygen atoms in total. The topological polar surface area (TPSA) is 119 Å². The Bertz CT molecular complexity index is 448. The van der Waals surface area contributed by atoms with E-state index in [0.717, 1.165) is 0 Å². The van der Waals surface area contributed by atoms with Crippen LogP contribution in [0.5, 0.6) is 0 Å². The molecule has 0 spiro atoms. The smallest absolute Gasteiger partial charge is 0.333 e. The molecule has 0 aromatic carbocycles. The van der Waals surface area contributed by atoms with Crippen molar-refractivity contribution >= 4 is 23.8 Å². The van der Waals surface area contributed by atoms with Gasteiger partial charge in [-0.25, -0.2) is 4.79 Å². The monoisotopic (exact) mass is 345 g/mol. The lowest BCUT2D eigenvalue weighted by molar-refractivity contribution is -0.197. The van der Waals surface area contributed by atoms with Gasteiger partial charge in [0.15, 0.2) is 0 Å². The number of carbonyl (C=O) groups excluding carboxylic acids is 4. The summed E-state index contributed by atoms with van der Waals surface area (Å²) in [7, 11) is 0. The maximum atomic E-state index is 11.5. The first-order chi connectivity index (χ1) is 11.5. The highest BCUT2D eigenvalue weighted by Crippen LogP contribution is 2.12. The summed E-state index contributed by atoms with van der Waals surface area (Å²) in [5.41, 5.74) is 0. The summed E-state index contributed by atoms with van der Waals surface area (Å²) in [4.78, 5) is 50.0. The lowest BCUT2D eigenvalue weighted by Crippen LogP contribution is -2.32. The number of imide groups is 1. The van der Waals surface area contributed by atoms with Gasteiger partial charge in [-0.3, -0.25) is 14.4 Å². The molecule has 0 bridgehead atoms. The number of amides is 2. The highest BCUT2D eigenvalue weighted by atomic mass is 16.7. The first-order valence-electron chi connectivity index (χ1n) is 7.87. The number of hydroxylamine groups is 2. The van der Waals surface area contributed by atoms with Crippen molar-refractivity contribution in [2.45, 2.75) is 39.0 Å². The number of aliphatic hydroxyl groups excluding tert-OH is 1. The lowest BCUT2D eigenvalue weighted by atomic mass is 10.2. The predicted molar refractivity (Wildman–Crippen MR) is 79.1 cm³/mol. The first-order valence-corrected chi connectivity index (χ1v) is 7.87. The summed E-state index contributed by atoms with van der Waals surface area (Å²) in [5, 5.41) is 9.28.